The van der Waals surface area contributed by atoms with Crippen molar-refractivity contribution < 1.29 is 46.8 Å². The minimum atomic E-state index is -0.0344. The van der Waals surface area contributed by atoms with E-state index in [1.165, 1.54) is 16.7 Å². The van der Waals surface area contributed by atoms with Crippen LogP contribution in [-0.4, -0.2) is 41.8 Å². The average Bonchev–Trinajstić information content (AvgIpc) is 2.71. The van der Waals surface area contributed by atoms with Crippen molar-refractivity contribution in [2.24, 2.45) is 5.92 Å². The molecule has 0 bridgehead atoms. The van der Waals surface area contributed by atoms with Gasteiger partial charge >= 0.3 is 0 Å². The first kappa shape index (κ1) is 26.9. The van der Waals surface area contributed by atoms with Crippen LogP contribution >= 0.6 is 0 Å². The number of Topliss-reactive ketones (excluding diaryl/α,β-unsaturated/α-hetero) is 1. The molecule has 1 amide bonds. The molecule has 1 aliphatic rings. The Balaban J connectivity index is 0.00000363. The molecule has 1 saturated heterocycles. The number of carbonyl (C=O) groups is 2. The molecule has 0 spiro atoms. The number of nitrogens with zero attached hydrogens (tertiary/aromatic N) is 1. The van der Waals surface area contributed by atoms with Crippen LogP contribution in [0, 0.1) is 19.8 Å². The number of rotatable bonds is 8. The molecule has 2 aromatic carbocycles. The fourth-order valence-corrected chi connectivity index (χ4v) is 5.01. The van der Waals surface area contributed by atoms with Gasteiger partial charge in [0.15, 0.2) is 5.78 Å². The Morgan fingerprint density at radius 2 is 1.69 bits per heavy atom. The summed E-state index contributed by atoms with van der Waals surface area (Å²) in [4.78, 5) is 26.1. The number of likely N-dealkylation sites (tertiary alicyclic amines) is 1. The van der Waals surface area contributed by atoms with Crippen LogP contribution in [0.15, 0.2) is 48.5 Å². The van der Waals surface area contributed by atoms with Gasteiger partial charge in [0.2, 0.25) is 5.91 Å². The molecule has 1 N–H and O–H groups in total. The first-order valence-electron chi connectivity index (χ1n) is 11.5. The summed E-state index contributed by atoms with van der Waals surface area (Å²) in [6.45, 7) is 11.1. The van der Waals surface area contributed by atoms with Gasteiger partial charge in [-0.05, 0) is 57.2 Å². The molecule has 5 heteroatoms. The molecule has 1 radical (unpaired) electrons. The minimum absolute atomic E-state index is 0. The van der Waals surface area contributed by atoms with Gasteiger partial charge in [-0.1, -0.05) is 48.5 Å². The first-order chi connectivity index (χ1) is 14.8. The van der Waals surface area contributed by atoms with Crippen LogP contribution < -0.4 is 5.32 Å². The van der Waals surface area contributed by atoms with Crippen molar-refractivity contribution in [1.82, 2.24) is 5.32 Å². The summed E-state index contributed by atoms with van der Waals surface area (Å²) in [5, 5.41) is 3.09. The third kappa shape index (κ3) is 7.33. The molecule has 1 fully saturated rings. The van der Waals surface area contributed by atoms with Gasteiger partial charge in [0.25, 0.3) is 0 Å². The van der Waals surface area contributed by atoms with Gasteiger partial charge in [0.05, 0.1) is 19.0 Å². The van der Waals surface area contributed by atoms with Crippen molar-refractivity contribution in [3.63, 3.8) is 0 Å². The summed E-state index contributed by atoms with van der Waals surface area (Å²) in [6.07, 6.45) is 2.34. The molecule has 0 aromatic heterocycles. The van der Waals surface area contributed by atoms with Crippen molar-refractivity contribution in [3.05, 3.63) is 70.8 Å². The molecule has 4 nitrogen and oxygen atoms in total. The van der Waals surface area contributed by atoms with Gasteiger partial charge in [-0.3, -0.25) is 9.59 Å². The number of amides is 1. The number of aryl methyl sites for hydroxylation is 2. The van der Waals surface area contributed by atoms with Crippen LogP contribution in [0.2, 0.25) is 0 Å². The number of quaternary nitrogens is 1. The zero-order valence-electron chi connectivity index (χ0n) is 20.1. The molecular weight excluding hydrogens is 473 g/mol. The van der Waals surface area contributed by atoms with Crippen LogP contribution in [0.4, 0.5) is 0 Å². The molecule has 2 atom stereocenters. The summed E-state index contributed by atoms with van der Waals surface area (Å²) < 4.78 is 0.671. The second-order valence-electron chi connectivity index (χ2n) is 9.64. The number of ketones is 1. The van der Waals surface area contributed by atoms with E-state index in [2.05, 4.69) is 55.6 Å². The Hall–Kier alpha value is -1.36. The normalized spacial score (nSPS) is 20.5. The Labute approximate surface area is 218 Å². The minimum Gasteiger partial charge on any atom is -0.353 e. The summed E-state index contributed by atoms with van der Waals surface area (Å²) >= 11 is 0. The Kier molecular flexibility index (Phi) is 10.3. The van der Waals surface area contributed by atoms with E-state index in [1.54, 1.807) is 0 Å². The van der Waals surface area contributed by atoms with Gasteiger partial charge in [0, 0.05) is 50.7 Å². The molecule has 0 aliphatic carbocycles. The molecule has 2 aromatic rings. The third-order valence-corrected chi connectivity index (χ3v) is 6.49. The van der Waals surface area contributed by atoms with Crippen LogP contribution in [-0.2, 0) is 55.3 Å². The van der Waals surface area contributed by atoms with E-state index in [-0.39, 0.29) is 56.4 Å². The Morgan fingerprint density at radius 3 is 2.31 bits per heavy atom. The molecule has 1 aliphatic heterocycles. The van der Waals surface area contributed by atoms with E-state index < -0.39 is 0 Å². The molecule has 169 valence electrons. The van der Waals surface area contributed by atoms with Crippen LogP contribution in [0.1, 0.15) is 48.9 Å². The van der Waals surface area contributed by atoms with Gasteiger partial charge in [-0.25, -0.2) is 0 Å². The number of carbonyl (C=O) groups excluding carboxylic acids is 2. The van der Waals surface area contributed by atoms with E-state index in [0.29, 0.717) is 17.4 Å². The summed E-state index contributed by atoms with van der Waals surface area (Å²) in [6, 6.07) is 16.7. The molecule has 32 heavy (non-hydrogen) atoms. The second kappa shape index (κ2) is 12.2. The Morgan fingerprint density at radius 1 is 1.03 bits per heavy atom. The third-order valence-electron chi connectivity index (χ3n) is 6.49. The maximum Gasteiger partial charge on any atom is 0.229 e. The van der Waals surface area contributed by atoms with Crippen molar-refractivity contribution >= 4 is 11.7 Å². The maximum absolute atomic E-state index is 13.3. The first-order valence-corrected chi connectivity index (χ1v) is 11.5. The standard InChI is InChI=1S/C27H36N2O2.Y/c1-20(2)28-27(31)24-14-9-15-29(18-24,17-23-12-6-5-7-13-23)19-25(30)16-26-21(3)10-8-11-22(26)4;/h5-8,10-13,20,24H,9,14-19H2,1-4H3;/p+1. The van der Waals surface area contributed by atoms with Gasteiger partial charge in [-0.15, -0.1) is 0 Å². The van der Waals surface area contributed by atoms with Gasteiger partial charge in [0.1, 0.15) is 13.1 Å². The second-order valence-corrected chi connectivity index (χ2v) is 9.64. The topological polar surface area (TPSA) is 46.2 Å². The summed E-state index contributed by atoms with van der Waals surface area (Å²) in [7, 11) is 0. The molecule has 3 rings (SSSR count). The monoisotopic (exact) mass is 510 g/mol. The Bertz CT molecular complexity index is 893. The van der Waals surface area contributed by atoms with Crippen LogP contribution in [0.25, 0.3) is 0 Å². The molecule has 1 heterocycles. The van der Waals surface area contributed by atoms with Crippen molar-refractivity contribution in [1.29, 1.82) is 0 Å². The van der Waals surface area contributed by atoms with E-state index in [9.17, 15) is 9.59 Å². The number of benzene rings is 2. The predicted molar refractivity (Wildman–Crippen MR) is 126 cm³/mol. The van der Waals surface area contributed by atoms with Gasteiger partial charge in [-0.2, -0.15) is 0 Å². The predicted octanol–water partition coefficient (Wildman–Crippen LogP) is 4.36. The van der Waals surface area contributed by atoms with E-state index in [1.807, 2.05) is 26.0 Å². The van der Waals surface area contributed by atoms with Gasteiger partial charge < -0.3 is 9.80 Å². The molecule has 2 unspecified atom stereocenters. The zero-order valence-corrected chi connectivity index (χ0v) is 22.9. The fraction of sp³-hybridized carbons (Fsp3) is 0.481. The fourth-order valence-electron chi connectivity index (χ4n) is 5.01. The zero-order chi connectivity index (χ0) is 22.4. The van der Waals surface area contributed by atoms with E-state index in [4.69, 9.17) is 0 Å². The van der Waals surface area contributed by atoms with Crippen molar-refractivity contribution in [3.8, 4) is 0 Å². The van der Waals surface area contributed by atoms with E-state index >= 15 is 0 Å². The molecular formula is C27H37N2O2Y+. The van der Waals surface area contributed by atoms with E-state index in [0.717, 1.165) is 38.0 Å². The average molecular weight is 511 g/mol. The molecule has 0 saturated carbocycles. The quantitative estimate of drug-likeness (QED) is 0.537. The number of hydrogen-bond acceptors (Lipinski definition) is 2. The van der Waals surface area contributed by atoms with Crippen molar-refractivity contribution in [2.45, 2.75) is 59.5 Å². The largest absolute Gasteiger partial charge is 0.353 e. The summed E-state index contributed by atoms with van der Waals surface area (Å²) in [5.41, 5.74) is 4.73. The number of piperidine rings is 1. The summed E-state index contributed by atoms with van der Waals surface area (Å²) in [5.74, 6) is 0.360. The van der Waals surface area contributed by atoms with Crippen molar-refractivity contribution in [2.75, 3.05) is 19.6 Å². The SMILES string of the molecule is Cc1cccc(C)c1CC(=O)C[N+]1(Cc2ccccc2)CCCC(C(=O)NC(C)C)C1.[Y]. The maximum atomic E-state index is 13.3. The number of hydrogen-bond donors (Lipinski definition) is 1. The van der Waals surface area contributed by atoms with Crippen LogP contribution in [0.3, 0.4) is 0 Å². The van der Waals surface area contributed by atoms with Crippen LogP contribution in [0.5, 0.6) is 0 Å². The smallest absolute Gasteiger partial charge is 0.229 e. The number of nitrogens with one attached hydrogen (secondary N) is 1.